The number of carbonyl (C=O) groups excluding carboxylic acids is 1. The highest BCUT2D eigenvalue weighted by Crippen LogP contribution is 2.63. The molecule has 156 valence electrons. The van der Waals surface area contributed by atoms with Crippen molar-refractivity contribution in [3.05, 3.63) is 95.1 Å². The average Bonchev–Trinajstić information content (AvgIpc) is 3.43. The van der Waals surface area contributed by atoms with Gasteiger partial charge in [0.1, 0.15) is 0 Å². The van der Waals surface area contributed by atoms with Gasteiger partial charge in [0.05, 0.1) is 6.04 Å². The van der Waals surface area contributed by atoms with Crippen LogP contribution in [0, 0.1) is 24.7 Å². The molecule has 3 aromatic carbocycles. The minimum Gasteiger partial charge on any atom is -0.378 e. The Balaban J connectivity index is 1.34. The van der Waals surface area contributed by atoms with Crippen LogP contribution in [0.3, 0.4) is 0 Å². The summed E-state index contributed by atoms with van der Waals surface area (Å²) in [6, 6.07) is 25.5. The summed E-state index contributed by atoms with van der Waals surface area (Å²) in [6.07, 6.45) is 4.01. The number of amides is 1. The van der Waals surface area contributed by atoms with Crippen LogP contribution in [0.25, 0.3) is 0 Å². The Hall–Kier alpha value is -3.07. The second-order valence-electron chi connectivity index (χ2n) is 9.59. The van der Waals surface area contributed by atoms with Gasteiger partial charge < -0.3 is 10.6 Å². The van der Waals surface area contributed by atoms with E-state index in [2.05, 4.69) is 60.0 Å². The lowest BCUT2D eigenvalue weighted by atomic mass is 9.68. The lowest BCUT2D eigenvalue weighted by Gasteiger charge is -2.43. The van der Waals surface area contributed by atoms with E-state index >= 15 is 0 Å². The van der Waals surface area contributed by atoms with E-state index in [1.807, 2.05) is 30.3 Å². The third-order valence-corrected chi connectivity index (χ3v) is 7.82. The molecule has 0 spiro atoms. The Bertz CT molecular complexity index is 1120. The number of nitrogens with one attached hydrogen (secondary N) is 2. The van der Waals surface area contributed by atoms with Crippen LogP contribution in [-0.4, -0.2) is 5.91 Å². The lowest BCUT2D eigenvalue weighted by Crippen LogP contribution is -2.35. The number of hydrogen-bond donors (Lipinski definition) is 2. The lowest BCUT2D eigenvalue weighted by molar-refractivity contribution is 0.102. The van der Waals surface area contributed by atoms with Gasteiger partial charge in [-0.15, -0.1) is 0 Å². The molecular weight excluding hydrogens is 380 g/mol. The third kappa shape index (κ3) is 3.15. The number of benzene rings is 3. The van der Waals surface area contributed by atoms with Crippen molar-refractivity contribution >= 4 is 17.3 Å². The number of rotatable bonds is 3. The molecule has 3 aliphatic rings. The molecule has 31 heavy (non-hydrogen) atoms. The molecule has 0 saturated heterocycles. The molecule has 0 unspecified atom stereocenters. The van der Waals surface area contributed by atoms with E-state index in [1.54, 1.807) is 0 Å². The number of fused-ring (bicyclic) bond motifs is 7. The minimum absolute atomic E-state index is 0.0310. The molecule has 3 aromatic rings. The van der Waals surface area contributed by atoms with Gasteiger partial charge in [-0.1, -0.05) is 48.0 Å². The molecule has 1 amide bonds. The normalized spacial score (nSPS) is 27.8. The summed E-state index contributed by atoms with van der Waals surface area (Å²) in [4.78, 5) is 13.0. The zero-order chi connectivity index (χ0) is 20.9. The van der Waals surface area contributed by atoms with Gasteiger partial charge in [-0.3, -0.25) is 4.79 Å². The fraction of sp³-hybridized carbons (Fsp3) is 0.321. The van der Waals surface area contributed by atoms with Crippen LogP contribution in [-0.2, 0) is 0 Å². The van der Waals surface area contributed by atoms with E-state index in [0.29, 0.717) is 17.9 Å². The van der Waals surface area contributed by atoms with Gasteiger partial charge in [-0.25, -0.2) is 0 Å². The molecule has 2 fully saturated rings. The predicted molar refractivity (Wildman–Crippen MR) is 125 cm³/mol. The Morgan fingerprint density at radius 2 is 1.71 bits per heavy atom. The Labute approximate surface area is 183 Å². The van der Waals surface area contributed by atoms with Gasteiger partial charge in [0.15, 0.2) is 0 Å². The molecule has 3 heteroatoms. The molecule has 1 heterocycles. The van der Waals surface area contributed by atoms with Crippen molar-refractivity contribution in [2.45, 2.75) is 38.1 Å². The molecule has 3 nitrogen and oxygen atoms in total. The Kier molecular flexibility index (Phi) is 4.38. The Morgan fingerprint density at radius 3 is 2.52 bits per heavy atom. The molecule has 0 radical (unpaired) electrons. The topological polar surface area (TPSA) is 41.1 Å². The molecule has 2 aliphatic carbocycles. The van der Waals surface area contributed by atoms with Crippen LogP contribution in [0.15, 0.2) is 72.8 Å². The van der Waals surface area contributed by atoms with Crippen LogP contribution in [0.4, 0.5) is 11.4 Å². The summed E-state index contributed by atoms with van der Waals surface area (Å²) in [5, 5.41) is 6.92. The van der Waals surface area contributed by atoms with Crippen molar-refractivity contribution in [1.82, 2.24) is 0 Å². The van der Waals surface area contributed by atoms with Crippen LogP contribution in [0.2, 0.25) is 0 Å². The molecule has 2 bridgehead atoms. The van der Waals surface area contributed by atoms with Gasteiger partial charge in [-0.05, 0) is 91.3 Å². The zero-order valence-corrected chi connectivity index (χ0v) is 17.8. The standard InChI is InChI=1S/C28H28N2O/c1-17-7-12-22(13-8-17)29-28(31)21-11-14-24-23(16-21)25-19-9-10-20(15-19)26(25)27(30-24)18-5-3-2-4-6-18/h2-8,11-14,16,19-20,25-27,30H,9-10,15H2,1H3,(H,29,31)/t19-,20-,25-,26+,27-/m0/s1. The maximum absolute atomic E-state index is 13.0. The van der Waals surface area contributed by atoms with E-state index in [-0.39, 0.29) is 5.91 Å². The van der Waals surface area contributed by atoms with Gasteiger partial charge >= 0.3 is 0 Å². The number of hydrogen-bond acceptors (Lipinski definition) is 2. The summed E-state index contributed by atoms with van der Waals surface area (Å²) in [5.74, 6) is 2.66. The van der Waals surface area contributed by atoms with E-state index in [9.17, 15) is 4.79 Å². The summed E-state index contributed by atoms with van der Waals surface area (Å²) in [7, 11) is 0. The molecule has 0 aromatic heterocycles. The van der Waals surface area contributed by atoms with Gasteiger partial charge in [0.25, 0.3) is 5.91 Å². The first kappa shape index (κ1) is 18.7. The van der Waals surface area contributed by atoms with Gasteiger partial charge in [0, 0.05) is 16.9 Å². The fourth-order valence-corrected chi connectivity index (χ4v) is 6.46. The quantitative estimate of drug-likeness (QED) is 0.516. The number of aryl methyl sites for hydroxylation is 1. The molecular formula is C28H28N2O. The molecule has 6 rings (SSSR count). The second kappa shape index (κ2) is 7.26. The summed E-state index contributed by atoms with van der Waals surface area (Å²) >= 11 is 0. The second-order valence-corrected chi connectivity index (χ2v) is 9.59. The van der Waals surface area contributed by atoms with Crippen molar-refractivity contribution in [2.75, 3.05) is 10.6 Å². The highest BCUT2D eigenvalue weighted by molar-refractivity contribution is 6.04. The van der Waals surface area contributed by atoms with Crippen LogP contribution in [0.5, 0.6) is 0 Å². The van der Waals surface area contributed by atoms with Gasteiger partial charge in [-0.2, -0.15) is 0 Å². The largest absolute Gasteiger partial charge is 0.378 e. The highest BCUT2D eigenvalue weighted by atomic mass is 16.1. The number of anilines is 2. The summed E-state index contributed by atoms with van der Waals surface area (Å²) in [5.41, 5.74) is 6.72. The van der Waals surface area contributed by atoms with Gasteiger partial charge in [0.2, 0.25) is 0 Å². The third-order valence-electron chi connectivity index (χ3n) is 7.82. The molecule has 2 N–H and O–H groups in total. The summed E-state index contributed by atoms with van der Waals surface area (Å²) < 4.78 is 0. The maximum Gasteiger partial charge on any atom is 0.255 e. The van der Waals surface area contributed by atoms with E-state index in [1.165, 1.54) is 41.6 Å². The van der Waals surface area contributed by atoms with E-state index in [0.717, 1.165) is 23.1 Å². The summed E-state index contributed by atoms with van der Waals surface area (Å²) in [6.45, 7) is 2.05. The first-order chi connectivity index (χ1) is 15.2. The molecule has 5 atom stereocenters. The van der Waals surface area contributed by atoms with Crippen molar-refractivity contribution in [3.63, 3.8) is 0 Å². The molecule has 2 saturated carbocycles. The SMILES string of the molecule is Cc1ccc(NC(=O)c2ccc3c(c2)[C@@H]2[C@H]4CC[C@@H](C4)[C@H]2[C@H](c2ccccc2)N3)cc1. The first-order valence-corrected chi connectivity index (χ1v) is 11.5. The van der Waals surface area contributed by atoms with Crippen LogP contribution < -0.4 is 10.6 Å². The predicted octanol–water partition coefficient (Wildman–Crippen LogP) is 6.54. The smallest absolute Gasteiger partial charge is 0.255 e. The Morgan fingerprint density at radius 1 is 0.935 bits per heavy atom. The fourth-order valence-electron chi connectivity index (χ4n) is 6.46. The van der Waals surface area contributed by atoms with E-state index < -0.39 is 0 Å². The van der Waals surface area contributed by atoms with Crippen molar-refractivity contribution in [2.24, 2.45) is 17.8 Å². The van der Waals surface area contributed by atoms with Crippen molar-refractivity contribution in [1.29, 1.82) is 0 Å². The molecule has 1 aliphatic heterocycles. The minimum atomic E-state index is -0.0310. The monoisotopic (exact) mass is 408 g/mol. The van der Waals surface area contributed by atoms with Crippen LogP contribution in [0.1, 0.15) is 58.3 Å². The van der Waals surface area contributed by atoms with Crippen molar-refractivity contribution < 1.29 is 4.79 Å². The average molecular weight is 409 g/mol. The maximum atomic E-state index is 13.0. The first-order valence-electron chi connectivity index (χ1n) is 11.5. The zero-order valence-electron chi connectivity index (χ0n) is 17.8. The number of carbonyl (C=O) groups is 1. The van der Waals surface area contributed by atoms with E-state index in [4.69, 9.17) is 0 Å². The van der Waals surface area contributed by atoms with Crippen LogP contribution >= 0.6 is 0 Å². The highest BCUT2D eigenvalue weighted by Gasteiger charge is 2.53. The van der Waals surface area contributed by atoms with Crippen molar-refractivity contribution in [3.8, 4) is 0 Å².